The second kappa shape index (κ2) is 6.25. The number of carbonyl (C=O) groups is 4. The lowest BCUT2D eigenvalue weighted by molar-refractivity contribution is -0.175. The van der Waals surface area contributed by atoms with Crippen LogP contribution in [-0.2, 0) is 28.7 Å². The van der Waals surface area contributed by atoms with Crippen LogP contribution in [-0.4, -0.2) is 29.8 Å². The van der Waals surface area contributed by atoms with Gasteiger partial charge in [-0.25, -0.2) is 0 Å². The molecule has 6 nitrogen and oxygen atoms in total. The first-order valence-corrected chi connectivity index (χ1v) is 12.4. The van der Waals surface area contributed by atoms with Crippen molar-refractivity contribution in [2.24, 2.45) is 45.3 Å². The molecule has 1 heterocycles. The molecular formula is C27H32O6. The zero-order valence-electron chi connectivity index (χ0n) is 19.8. The van der Waals surface area contributed by atoms with E-state index in [1.54, 1.807) is 6.92 Å². The zero-order valence-corrected chi connectivity index (χ0v) is 19.8. The highest BCUT2D eigenvalue weighted by atomic mass is 16.6. The van der Waals surface area contributed by atoms with Gasteiger partial charge in [-0.05, 0) is 62.2 Å². The SMILES string of the molecule is CC(=O)O[C@H]1CC[C@]2(C)C3=CC[C@]4(C)[C@@H](C(C)=O)CC[C@H]4[C@@]34C=C[C@]2(C1)C1C(=O)OC(=O)C14. The van der Waals surface area contributed by atoms with Gasteiger partial charge in [0.15, 0.2) is 0 Å². The maximum absolute atomic E-state index is 13.3. The Morgan fingerprint density at radius 1 is 1.03 bits per heavy atom. The van der Waals surface area contributed by atoms with E-state index in [2.05, 4.69) is 32.1 Å². The molecule has 0 aromatic rings. The number of allylic oxidation sites excluding steroid dienone is 4. The molecule has 176 valence electrons. The summed E-state index contributed by atoms with van der Waals surface area (Å²) in [5.74, 6) is -2.02. The predicted molar refractivity (Wildman–Crippen MR) is 117 cm³/mol. The maximum Gasteiger partial charge on any atom is 0.318 e. The molecule has 1 saturated heterocycles. The normalized spacial score (nSPS) is 51.2. The van der Waals surface area contributed by atoms with E-state index in [-0.39, 0.29) is 40.5 Å². The first-order valence-electron chi connectivity index (χ1n) is 12.4. The highest BCUT2D eigenvalue weighted by molar-refractivity contribution is 5.99. The Bertz CT molecular complexity index is 1070. The van der Waals surface area contributed by atoms with Gasteiger partial charge in [-0.2, -0.15) is 0 Å². The van der Waals surface area contributed by atoms with Crippen molar-refractivity contribution in [3.8, 4) is 0 Å². The first kappa shape index (κ1) is 21.3. The lowest BCUT2D eigenvalue weighted by Gasteiger charge is -2.71. The Morgan fingerprint density at radius 2 is 1.76 bits per heavy atom. The molecule has 9 atom stereocenters. The van der Waals surface area contributed by atoms with Crippen LogP contribution in [0.15, 0.2) is 23.8 Å². The summed E-state index contributed by atoms with van der Waals surface area (Å²) in [5, 5.41) is 0. The molecule has 0 radical (unpaired) electrons. The van der Waals surface area contributed by atoms with Crippen LogP contribution in [0.25, 0.3) is 0 Å². The van der Waals surface area contributed by atoms with E-state index in [0.717, 1.165) is 32.1 Å². The third kappa shape index (κ3) is 2.21. The van der Waals surface area contributed by atoms with Gasteiger partial charge in [-0.1, -0.05) is 37.6 Å². The number of carbonyl (C=O) groups excluding carboxylic acids is 4. The first-order chi connectivity index (χ1) is 15.5. The van der Waals surface area contributed by atoms with Crippen LogP contribution in [0.2, 0.25) is 0 Å². The summed E-state index contributed by atoms with van der Waals surface area (Å²) in [6.07, 6.45) is 11.0. The van der Waals surface area contributed by atoms with Gasteiger partial charge in [0.1, 0.15) is 11.9 Å². The van der Waals surface area contributed by atoms with Crippen molar-refractivity contribution in [1.82, 2.24) is 0 Å². The molecule has 3 saturated carbocycles. The van der Waals surface area contributed by atoms with Crippen LogP contribution >= 0.6 is 0 Å². The highest BCUT2D eigenvalue weighted by Gasteiger charge is 2.79. The van der Waals surface area contributed by atoms with E-state index >= 15 is 0 Å². The van der Waals surface area contributed by atoms with E-state index in [4.69, 9.17) is 9.47 Å². The lowest BCUT2D eigenvalue weighted by Crippen LogP contribution is -2.69. The second-order valence-corrected chi connectivity index (χ2v) is 11.9. The average Bonchev–Trinajstić information content (AvgIpc) is 3.25. The number of rotatable bonds is 2. The average molecular weight is 453 g/mol. The van der Waals surface area contributed by atoms with Crippen molar-refractivity contribution >= 4 is 23.7 Å². The summed E-state index contributed by atoms with van der Waals surface area (Å²) < 4.78 is 11.0. The van der Waals surface area contributed by atoms with Crippen LogP contribution < -0.4 is 0 Å². The fourth-order valence-corrected chi connectivity index (χ4v) is 9.75. The maximum atomic E-state index is 13.3. The summed E-state index contributed by atoms with van der Waals surface area (Å²) in [5.41, 5.74) is -0.495. The lowest BCUT2D eigenvalue weighted by atomic mass is 9.31. The van der Waals surface area contributed by atoms with Gasteiger partial charge in [-0.15, -0.1) is 0 Å². The summed E-state index contributed by atoms with van der Waals surface area (Å²) >= 11 is 0. The van der Waals surface area contributed by atoms with Crippen LogP contribution in [0.5, 0.6) is 0 Å². The van der Waals surface area contributed by atoms with Gasteiger partial charge in [0, 0.05) is 23.7 Å². The quantitative estimate of drug-likeness (QED) is 0.358. The van der Waals surface area contributed by atoms with Crippen LogP contribution in [0.3, 0.4) is 0 Å². The molecule has 0 aromatic heterocycles. The van der Waals surface area contributed by atoms with Crippen LogP contribution in [0.1, 0.15) is 66.2 Å². The summed E-state index contributed by atoms with van der Waals surface area (Å²) in [4.78, 5) is 51.0. The molecule has 0 amide bonds. The van der Waals surface area contributed by atoms with Crippen LogP contribution in [0, 0.1) is 45.3 Å². The fraction of sp³-hybridized carbons (Fsp3) is 0.704. The number of Topliss-reactive ketones (excluding diaryl/α,β-unsaturated/α-hetero) is 1. The van der Waals surface area contributed by atoms with Gasteiger partial charge >= 0.3 is 17.9 Å². The molecular weight excluding hydrogens is 420 g/mol. The predicted octanol–water partition coefficient (Wildman–Crippen LogP) is 3.93. The Labute approximate surface area is 194 Å². The van der Waals surface area contributed by atoms with Gasteiger partial charge in [0.2, 0.25) is 0 Å². The molecule has 0 aromatic carbocycles. The van der Waals surface area contributed by atoms with E-state index in [1.165, 1.54) is 12.5 Å². The number of fused-ring (bicyclic) bond motifs is 1. The molecule has 1 aliphatic heterocycles. The Balaban J connectivity index is 1.58. The van der Waals surface area contributed by atoms with E-state index in [1.807, 2.05) is 0 Å². The van der Waals surface area contributed by atoms with Gasteiger partial charge < -0.3 is 9.47 Å². The molecule has 33 heavy (non-hydrogen) atoms. The van der Waals surface area contributed by atoms with Crippen molar-refractivity contribution in [3.05, 3.63) is 23.8 Å². The summed E-state index contributed by atoms with van der Waals surface area (Å²) in [7, 11) is 0. The topological polar surface area (TPSA) is 86.7 Å². The van der Waals surface area contributed by atoms with Gasteiger partial charge in [0.05, 0.1) is 11.8 Å². The number of esters is 3. The van der Waals surface area contributed by atoms with Gasteiger partial charge in [0.25, 0.3) is 0 Å². The minimum Gasteiger partial charge on any atom is -0.463 e. The second-order valence-electron chi connectivity index (χ2n) is 11.9. The zero-order chi connectivity index (χ0) is 23.6. The molecule has 7 aliphatic rings. The minimum absolute atomic E-state index is 0.0317. The summed E-state index contributed by atoms with van der Waals surface area (Å²) in [6.45, 7) is 7.55. The monoisotopic (exact) mass is 452 g/mol. The highest BCUT2D eigenvalue weighted by Crippen LogP contribution is 2.80. The van der Waals surface area contributed by atoms with E-state index in [0.29, 0.717) is 6.42 Å². The minimum atomic E-state index is -0.612. The van der Waals surface area contributed by atoms with Gasteiger partial charge in [-0.3, -0.25) is 19.2 Å². The summed E-state index contributed by atoms with van der Waals surface area (Å²) in [6, 6.07) is 0. The van der Waals surface area contributed by atoms with Crippen molar-refractivity contribution in [3.63, 3.8) is 0 Å². The van der Waals surface area contributed by atoms with Crippen molar-refractivity contribution < 1.29 is 28.7 Å². The molecule has 7 rings (SSSR count). The Kier molecular flexibility index (Phi) is 4.03. The molecule has 6 aliphatic carbocycles. The largest absolute Gasteiger partial charge is 0.463 e. The molecule has 0 N–H and O–H groups in total. The third-order valence-electron chi connectivity index (χ3n) is 10.9. The van der Waals surface area contributed by atoms with Crippen LogP contribution in [0.4, 0.5) is 0 Å². The smallest absolute Gasteiger partial charge is 0.318 e. The Morgan fingerprint density at radius 3 is 2.45 bits per heavy atom. The van der Waals surface area contributed by atoms with E-state index < -0.39 is 34.6 Å². The molecule has 6 heteroatoms. The van der Waals surface area contributed by atoms with Crippen molar-refractivity contribution in [1.29, 1.82) is 0 Å². The molecule has 2 unspecified atom stereocenters. The third-order valence-corrected chi connectivity index (χ3v) is 10.9. The van der Waals surface area contributed by atoms with Crippen molar-refractivity contribution in [2.45, 2.75) is 72.3 Å². The number of hydrogen-bond donors (Lipinski definition) is 0. The fourth-order valence-electron chi connectivity index (χ4n) is 9.75. The van der Waals surface area contributed by atoms with E-state index in [9.17, 15) is 19.2 Å². The molecule has 2 bridgehead atoms. The Hall–Kier alpha value is -2.24. The number of hydrogen-bond acceptors (Lipinski definition) is 6. The molecule has 4 fully saturated rings. The number of ketones is 1. The molecule has 2 spiro atoms. The number of cyclic esters (lactones) is 2. The van der Waals surface area contributed by atoms with Crippen molar-refractivity contribution in [2.75, 3.05) is 0 Å². The number of ether oxygens (including phenoxy) is 2. The standard InChI is InChI=1S/C27H32O6/c1-14(28)17-5-6-18-24(17,3)9-8-19-25(4)10-7-16(32-15(2)29)13-26(25)11-12-27(18,19)21-20(26)22(30)33-23(21)31/h8,11-12,16-18,20-21H,5-7,9-10,13H2,1-4H3/t16-,17+,18+,20?,21?,24+,25+,26-,27-/m0/s1.